The molecule has 0 aromatic heterocycles. The summed E-state index contributed by atoms with van der Waals surface area (Å²) >= 11 is 1.65. The van der Waals surface area contributed by atoms with Crippen molar-refractivity contribution in [3.63, 3.8) is 0 Å². The molecule has 1 aliphatic rings. The zero-order valence-corrected chi connectivity index (χ0v) is 5.03. The first-order valence-electron chi connectivity index (χ1n) is 2.11. The fourth-order valence-corrected chi connectivity index (χ4v) is 1.10. The van der Waals surface area contributed by atoms with E-state index in [1.54, 1.807) is 11.9 Å². The Morgan fingerprint density at radius 1 is 2.00 bits per heavy atom. The van der Waals surface area contributed by atoms with E-state index in [4.69, 9.17) is 5.73 Å². The first-order chi connectivity index (χ1) is 3.29. The van der Waals surface area contributed by atoms with E-state index in [1.165, 1.54) is 0 Å². The number of hydrogen-bond acceptors (Lipinski definition) is 3. The van der Waals surface area contributed by atoms with Gasteiger partial charge in [-0.3, -0.25) is 0 Å². The molecule has 0 bridgehead atoms. The minimum Gasteiger partial charge on any atom is -0.401 e. The van der Waals surface area contributed by atoms with E-state index in [-0.39, 0.29) is 0 Å². The van der Waals surface area contributed by atoms with Crippen LogP contribution in [0.4, 0.5) is 0 Å². The fraction of sp³-hybridized carbons (Fsp3) is 0.500. The molecule has 3 heteroatoms. The van der Waals surface area contributed by atoms with Crippen molar-refractivity contribution in [2.75, 3.05) is 13.6 Å². The van der Waals surface area contributed by atoms with E-state index in [0.29, 0.717) is 0 Å². The topological polar surface area (TPSA) is 29.3 Å². The Bertz CT molecular complexity index is 99.9. The van der Waals surface area contributed by atoms with Gasteiger partial charge in [-0.1, -0.05) is 0 Å². The van der Waals surface area contributed by atoms with E-state index in [2.05, 4.69) is 4.31 Å². The van der Waals surface area contributed by atoms with Crippen LogP contribution >= 0.6 is 11.9 Å². The van der Waals surface area contributed by atoms with Crippen molar-refractivity contribution in [2.24, 2.45) is 5.73 Å². The minimum atomic E-state index is 0.907. The van der Waals surface area contributed by atoms with Crippen molar-refractivity contribution in [2.45, 2.75) is 0 Å². The summed E-state index contributed by atoms with van der Waals surface area (Å²) in [7, 11) is 2.01. The lowest BCUT2D eigenvalue weighted by molar-refractivity contribution is 0.630. The van der Waals surface area contributed by atoms with E-state index < -0.39 is 0 Å². The second-order valence-electron chi connectivity index (χ2n) is 1.58. The molecule has 0 radical (unpaired) electrons. The highest BCUT2D eigenvalue weighted by Gasteiger charge is 2.04. The molecule has 2 nitrogen and oxygen atoms in total. The van der Waals surface area contributed by atoms with Gasteiger partial charge in [0.2, 0.25) is 0 Å². The largest absolute Gasteiger partial charge is 0.401 e. The Labute approximate surface area is 47.5 Å². The number of rotatable bonds is 0. The Hall–Kier alpha value is -0.150. The highest BCUT2D eigenvalue weighted by molar-refractivity contribution is 8.00. The molecule has 0 fully saturated rings. The van der Waals surface area contributed by atoms with Gasteiger partial charge in [-0.15, -0.1) is 0 Å². The summed E-state index contributed by atoms with van der Waals surface area (Å²) < 4.78 is 2.08. The third-order valence-electron chi connectivity index (χ3n) is 0.789. The van der Waals surface area contributed by atoms with Gasteiger partial charge in [0.05, 0.1) is 0 Å². The van der Waals surface area contributed by atoms with E-state index in [1.807, 2.05) is 12.5 Å². The maximum Gasteiger partial charge on any atom is 0.0492 e. The van der Waals surface area contributed by atoms with Crippen LogP contribution in [0.1, 0.15) is 0 Å². The van der Waals surface area contributed by atoms with Gasteiger partial charge < -0.3 is 5.73 Å². The van der Waals surface area contributed by atoms with Crippen molar-refractivity contribution in [1.29, 1.82) is 0 Å². The molecule has 40 valence electrons. The fourth-order valence-electron chi connectivity index (χ4n) is 0.489. The monoisotopic (exact) mass is 116 g/mol. The molecule has 0 atom stereocenters. The van der Waals surface area contributed by atoms with Crippen molar-refractivity contribution in [1.82, 2.24) is 4.31 Å². The first kappa shape index (κ1) is 5.00. The Balaban J connectivity index is 2.42. The minimum absolute atomic E-state index is 0.907. The van der Waals surface area contributed by atoms with Crippen LogP contribution in [0, 0.1) is 0 Å². The molecule has 1 aliphatic heterocycles. The SMILES string of the molecule is CN1CC(N)=CS1. The van der Waals surface area contributed by atoms with Crippen molar-refractivity contribution >= 4 is 11.9 Å². The molecule has 7 heavy (non-hydrogen) atoms. The second-order valence-corrected chi connectivity index (χ2v) is 2.65. The van der Waals surface area contributed by atoms with Crippen LogP contribution < -0.4 is 5.73 Å². The van der Waals surface area contributed by atoms with Gasteiger partial charge in [0, 0.05) is 17.6 Å². The zero-order valence-electron chi connectivity index (χ0n) is 4.22. The molecule has 1 rings (SSSR count). The van der Waals surface area contributed by atoms with Gasteiger partial charge in [-0.2, -0.15) is 0 Å². The smallest absolute Gasteiger partial charge is 0.0492 e. The third-order valence-corrected chi connectivity index (χ3v) is 1.69. The maximum atomic E-state index is 5.42. The summed E-state index contributed by atoms with van der Waals surface area (Å²) in [6, 6.07) is 0. The van der Waals surface area contributed by atoms with Crippen LogP contribution in [0.2, 0.25) is 0 Å². The Kier molecular flexibility index (Phi) is 1.25. The average molecular weight is 116 g/mol. The van der Waals surface area contributed by atoms with E-state index in [9.17, 15) is 0 Å². The highest BCUT2D eigenvalue weighted by atomic mass is 32.2. The second kappa shape index (κ2) is 1.76. The predicted octanol–water partition coefficient (Wildman–Crippen LogP) is 0.380. The molecule has 0 saturated carbocycles. The molecule has 0 unspecified atom stereocenters. The molecule has 0 aliphatic carbocycles. The van der Waals surface area contributed by atoms with E-state index in [0.717, 1.165) is 12.2 Å². The summed E-state index contributed by atoms with van der Waals surface area (Å²) in [6.07, 6.45) is 0. The molecular weight excluding hydrogens is 108 g/mol. The van der Waals surface area contributed by atoms with Crippen molar-refractivity contribution < 1.29 is 0 Å². The molecule has 1 heterocycles. The highest BCUT2D eigenvalue weighted by Crippen LogP contribution is 2.17. The molecule has 0 spiro atoms. The molecule has 0 amide bonds. The summed E-state index contributed by atoms with van der Waals surface area (Å²) in [5.74, 6) is 0. The summed E-state index contributed by atoms with van der Waals surface area (Å²) in [5.41, 5.74) is 6.39. The third kappa shape index (κ3) is 1.11. The Morgan fingerprint density at radius 2 is 2.71 bits per heavy atom. The number of hydrogen-bond donors (Lipinski definition) is 1. The number of likely N-dealkylation sites (N-methyl/N-ethyl adjacent to an activating group) is 1. The predicted molar refractivity (Wildman–Crippen MR) is 32.5 cm³/mol. The molecule has 2 N–H and O–H groups in total. The van der Waals surface area contributed by atoms with Gasteiger partial charge >= 0.3 is 0 Å². The van der Waals surface area contributed by atoms with Crippen LogP contribution in [-0.2, 0) is 0 Å². The number of nitrogens with two attached hydrogens (primary N) is 1. The molecule has 0 aromatic rings. The van der Waals surface area contributed by atoms with E-state index >= 15 is 0 Å². The van der Waals surface area contributed by atoms with Crippen LogP contribution in [0.3, 0.4) is 0 Å². The quantitative estimate of drug-likeness (QED) is 0.464. The van der Waals surface area contributed by atoms with Gasteiger partial charge in [-0.05, 0) is 19.0 Å². The van der Waals surface area contributed by atoms with Gasteiger partial charge in [-0.25, -0.2) is 4.31 Å². The zero-order chi connectivity index (χ0) is 5.28. The standard InChI is InChI=1S/C4H8N2S/c1-6-2-4(5)3-7-6/h3H,2,5H2,1H3. The lowest BCUT2D eigenvalue weighted by Crippen LogP contribution is -2.10. The van der Waals surface area contributed by atoms with Crippen LogP contribution in [0.15, 0.2) is 11.1 Å². The lowest BCUT2D eigenvalue weighted by atomic mass is 10.5. The molecule has 0 aromatic carbocycles. The van der Waals surface area contributed by atoms with Gasteiger partial charge in [0.25, 0.3) is 0 Å². The average Bonchev–Trinajstić information content (AvgIpc) is 1.87. The summed E-state index contributed by atoms with van der Waals surface area (Å²) in [6.45, 7) is 0.907. The molecular formula is C4H8N2S. The summed E-state index contributed by atoms with van der Waals surface area (Å²) in [4.78, 5) is 0. The van der Waals surface area contributed by atoms with Crippen molar-refractivity contribution in [3.8, 4) is 0 Å². The Morgan fingerprint density at radius 3 is 2.86 bits per heavy atom. The van der Waals surface area contributed by atoms with Crippen LogP contribution in [-0.4, -0.2) is 17.9 Å². The van der Waals surface area contributed by atoms with Gasteiger partial charge in [0.1, 0.15) is 0 Å². The maximum absolute atomic E-state index is 5.42. The summed E-state index contributed by atoms with van der Waals surface area (Å²) in [5, 5.41) is 1.96. The van der Waals surface area contributed by atoms with Crippen LogP contribution in [0.5, 0.6) is 0 Å². The first-order valence-corrected chi connectivity index (χ1v) is 2.95. The lowest BCUT2D eigenvalue weighted by Gasteiger charge is -2.01. The number of nitrogens with zero attached hydrogens (tertiary/aromatic N) is 1. The van der Waals surface area contributed by atoms with Crippen LogP contribution in [0.25, 0.3) is 0 Å². The van der Waals surface area contributed by atoms with Crippen molar-refractivity contribution in [3.05, 3.63) is 11.1 Å². The normalized spacial score (nSPS) is 22.7. The van der Waals surface area contributed by atoms with Gasteiger partial charge in [0.15, 0.2) is 0 Å². The molecule has 0 saturated heterocycles.